The maximum Gasteiger partial charge on any atom is 0.586 e. The molecule has 2 aromatic carbocycles. The predicted octanol–water partition coefficient (Wildman–Crippen LogP) is 6.29. The molecular weight excluding hydrogens is 387 g/mol. The van der Waals surface area contributed by atoms with Crippen molar-refractivity contribution < 1.29 is 31.4 Å². The fourth-order valence-electron chi connectivity index (χ4n) is 2.31. The van der Waals surface area contributed by atoms with Crippen LogP contribution in [0.4, 0.5) is 22.0 Å². The smallest absolute Gasteiger partial charge is 0.395 e. The number of thioether (sulfide) groups is 1. The molecule has 0 aliphatic carbocycles. The summed E-state index contributed by atoms with van der Waals surface area (Å²) in [6.07, 6.45) is -8.05. The molecular formula is C16H10ClF5O2S. The zero-order chi connectivity index (χ0) is 18.4. The molecule has 0 spiro atoms. The highest BCUT2D eigenvalue weighted by Crippen LogP contribution is 2.44. The second-order valence-electron chi connectivity index (χ2n) is 5.33. The minimum atomic E-state index is -4.30. The molecule has 0 N–H and O–H groups in total. The van der Waals surface area contributed by atoms with Crippen molar-refractivity contribution in [3.63, 3.8) is 0 Å². The summed E-state index contributed by atoms with van der Waals surface area (Å²) >= 11 is 6.82. The Labute approximate surface area is 148 Å². The molecule has 25 heavy (non-hydrogen) atoms. The van der Waals surface area contributed by atoms with Crippen LogP contribution >= 0.6 is 23.4 Å². The number of halogens is 6. The summed E-state index contributed by atoms with van der Waals surface area (Å²) in [4.78, 5) is 0.403. The summed E-state index contributed by atoms with van der Waals surface area (Å²) < 4.78 is 72.3. The minimum Gasteiger partial charge on any atom is -0.395 e. The lowest BCUT2D eigenvalue weighted by Crippen LogP contribution is -2.25. The van der Waals surface area contributed by atoms with E-state index >= 15 is 0 Å². The van der Waals surface area contributed by atoms with Gasteiger partial charge in [-0.25, -0.2) is 0 Å². The number of ether oxygens (including phenoxy) is 2. The Morgan fingerprint density at radius 3 is 2.44 bits per heavy atom. The molecule has 1 aliphatic rings. The van der Waals surface area contributed by atoms with Crippen LogP contribution in [0.5, 0.6) is 11.5 Å². The largest absolute Gasteiger partial charge is 0.586 e. The molecule has 0 atom stereocenters. The number of rotatable bonds is 3. The lowest BCUT2D eigenvalue weighted by molar-refractivity contribution is -0.286. The Balaban J connectivity index is 1.95. The third kappa shape index (κ3) is 4.12. The Morgan fingerprint density at radius 2 is 1.76 bits per heavy atom. The summed E-state index contributed by atoms with van der Waals surface area (Å²) in [5, 5.41) is 0.291. The summed E-state index contributed by atoms with van der Waals surface area (Å²) in [7, 11) is 0. The molecule has 2 nitrogen and oxygen atoms in total. The monoisotopic (exact) mass is 396 g/mol. The molecule has 0 fully saturated rings. The molecule has 3 rings (SSSR count). The molecule has 0 saturated heterocycles. The van der Waals surface area contributed by atoms with E-state index in [4.69, 9.17) is 11.6 Å². The topological polar surface area (TPSA) is 18.5 Å². The van der Waals surface area contributed by atoms with Crippen molar-refractivity contribution in [3.8, 4) is 22.6 Å². The second kappa shape index (κ2) is 6.25. The van der Waals surface area contributed by atoms with Gasteiger partial charge in [-0.3, -0.25) is 0 Å². The van der Waals surface area contributed by atoms with E-state index in [9.17, 15) is 22.0 Å². The molecule has 9 heteroatoms. The molecule has 134 valence electrons. The Hall–Kier alpha value is -1.67. The summed E-state index contributed by atoms with van der Waals surface area (Å²) in [6, 6.07) is 7.13. The van der Waals surface area contributed by atoms with Crippen LogP contribution < -0.4 is 9.47 Å². The SMILES string of the molecule is Cc1cc(Cl)c(-c2ccc3c(c2)OC(F)(F)O3)cc1SCC(F)(F)F. The van der Waals surface area contributed by atoms with Crippen molar-refractivity contribution >= 4 is 23.4 Å². The average Bonchev–Trinajstić information content (AvgIpc) is 2.78. The second-order valence-corrected chi connectivity index (χ2v) is 6.75. The van der Waals surface area contributed by atoms with E-state index < -0.39 is 18.2 Å². The number of fused-ring (bicyclic) bond motifs is 1. The third-order valence-corrected chi connectivity index (χ3v) is 4.90. The van der Waals surface area contributed by atoms with E-state index in [2.05, 4.69) is 9.47 Å². The molecule has 0 saturated carbocycles. The van der Waals surface area contributed by atoms with E-state index in [0.29, 0.717) is 38.4 Å². The number of benzene rings is 2. The van der Waals surface area contributed by atoms with Crippen molar-refractivity contribution in [2.75, 3.05) is 5.75 Å². The highest BCUT2D eigenvalue weighted by atomic mass is 35.5. The van der Waals surface area contributed by atoms with Crippen LogP contribution in [0.2, 0.25) is 5.02 Å². The Kier molecular flexibility index (Phi) is 4.53. The highest BCUT2D eigenvalue weighted by molar-refractivity contribution is 7.99. The normalized spacial score (nSPS) is 15.5. The van der Waals surface area contributed by atoms with Gasteiger partial charge in [0.2, 0.25) is 0 Å². The standard InChI is InChI=1S/C16H10ClF5O2S/c1-8-4-11(17)10(6-14(8)25-7-15(18,19)20)9-2-3-12-13(5-9)24-16(21,22)23-12/h2-6H,7H2,1H3. The van der Waals surface area contributed by atoms with Gasteiger partial charge in [0.25, 0.3) is 0 Å². The molecule has 0 aromatic heterocycles. The van der Waals surface area contributed by atoms with Gasteiger partial charge in [-0.15, -0.1) is 20.5 Å². The highest BCUT2D eigenvalue weighted by Gasteiger charge is 2.43. The first kappa shape index (κ1) is 18.1. The number of alkyl halides is 5. The van der Waals surface area contributed by atoms with E-state index in [1.165, 1.54) is 30.3 Å². The molecule has 1 aliphatic heterocycles. The van der Waals surface area contributed by atoms with Gasteiger partial charge in [-0.2, -0.15) is 13.2 Å². The zero-order valence-electron chi connectivity index (χ0n) is 12.6. The van der Waals surface area contributed by atoms with Crippen molar-refractivity contribution in [2.24, 2.45) is 0 Å². The lowest BCUT2D eigenvalue weighted by Gasteiger charge is -2.12. The van der Waals surface area contributed by atoms with Gasteiger partial charge in [-0.1, -0.05) is 17.7 Å². The molecule has 0 bridgehead atoms. The van der Waals surface area contributed by atoms with Gasteiger partial charge in [0.15, 0.2) is 11.5 Å². The Morgan fingerprint density at radius 1 is 1.08 bits per heavy atom. The van der Waals surface area contributed by atoms with Gasteiger partial charge >= 0.3 is 12.5 Å². The van der Waals surface area contributed by atoms with Crippen LogP contribution in [0.25, 0.3) is 11.1 Å². The zero-order valence-corrected chi connectivity index (χ0v) is 14.2. The van der Waals surface area contributed by atoms with Crippen LogP contribution in [0.3, 0.4) is 0 Å². The molecule has 0 radical (unpaired) electrons. The molecule has 0 unspecified atom stereocenters. The van der Waals surface area contributed by atoms with Crippen LogP contribution in [0.1, 0.15) is 5.56 Å². The van der Waals surface area contributed by atoms with Crippen molar-refractivity contribution in [3.05, 3.63) is 40.9 Å². The summed E-state index contributed by atoms with van der Waals surface area (Å²) in [5.74, 6) is -1.32. The van der Waals surface area contributed by atoms with Crippen LogP contribution in [-0.4, -0.2) is 18.2 Å². The fourth-order valence-corrected chi connectivity index (χ4v) is 3.44. The maximum absolute atomic E-state index is 13.1. The van der Waals surface area contributed by atoms with E-state index in [1.807, 2.05) is 0 Å². The number of aryl methyl sites for hydroxylation is 1. The third-order valence-electron chi connectivity index (χ3n) is 3.37. The minimum absolute atomic E-state index is 0.122. The first-order valence-corrected chi connectivity index (χ1v) is 8.30. The van der Waals surface area contributed by atoms with Crippen molar-refractivity contribution in [1.29, 1.82) is 0 Å². The van der Waals surface area contributed by atoms with E-state index in [0.717, 1.165) is 0 Å². The molecule has 1 heterocycles. The average molecular weight is 397 g/mol. The van der Waals surface area contributed by atoms with Crippen LogP contribution in [0.15, 0.2) is 35.2 Å². The Bertz CT molecular complexity index is 823. The molecule has 0 amide bonds. The summed E-state index contributed by atoms with van der Waals surface area (Å²) in [6.45, 7) is 1.65. The van der Waals surface area contributed by atoms with Gasteiger partial charge in [-0.05, 0) is 42.3 Å². The van der Waals surface area contributed by atoms with E-state index in [-0.39, 0.29) is 11.5 Å². The number of hydrogen-bond acceptors (Lipinski definition) is 3. The molecule has 2 aromatic rings. The summed E-state index contributed by atoms with van der Waals surface area (Å²) in [5.41, 5.74) is 1.44. The van der Waals surface area contributed by atoms with Gasteiger partial charge in [0, 0.05) is 15.5 Å². The van der Waals surface area contributed by atoms with Crippen LogP contribution in [0, 0.1) is 6.92 Å². The lowest BCUT2D eigenvalue weighted by atomic mass is 10.0. The maximum atomic E-state index is 13.1. The van der Waals surface area contributed by atoms with Crippen LogP contribution in [-0.2, 0) is 0 Å². The van der Waals surface area contributed by atoms with E-state index in [1.54, 1.807) is 6.92 Å². The van der Waals surface area contributed by atoms with Gasteiger partial charge in [0.1, 0.15) is 0 Å². The fraction of sp³-hybridized carbons (Fsp3) is 0.250. The first-order chi connectivity index (χ1) is 11.5. The van der Waals surface area contributed by atoms with Gasteiger partial charge in [0.05, 0.1) is 5.75 Å². The quantitative estimate of drug-likeness (QED) is 0.448. The predicted molar refractivity (Wildman–Crippen MR) is 84.6 cm³/mol. The number of hydrogen-bond donors (Lipinski definition) is 0. The van der Waals surface area contributed by atoms with Gasteiger partial charge < -0.3 is 9.47 Å². The first-order valence-electron chi connectivity index (χ1n) is 6.94. The van der Waals surface area contributed by atoms with Crippen molar-refractivity contribution in [2.45, 2.75) is 24.3 Å². The van der Waals surface area contributed by atoms with Crippen molar-refractivity contribution in [1.82, 2.24) is 0 Å².